The fourth-order valence-corrected chi connectivity index (χ4v) is 9.04. The average molecular weight is 349 g/mol. The summed E-state index contributed by atoms with van der Waals surface area (Å²) >= 11 is 0. The van der Waals surface area contributed by atoms with Gasteiger partial charge in [-0.1, -0.05) is 126 Å². The van der Waals surface area contributed by atoms with E-state index in [0.717, 1.165) is 0 Å². The predicted molar refractivity (Wildman–Crippen MR) is 116 cm³/mol. The maximum absolute atomic E-state index is 2.54. The Labute approximate surface area is 155 Å². The van der Waals surface area contributed by atoms with Crippen LogP contribution in [0, 0.1) is 0 Å². The highest BCUT2D eigenvalue weighted by Crippen LogP contribution is 2.53. The molecule has 0 aliphatic rings. The molecule has 132 valence electrons. The average Bonchev–Trinajstić information content (AvgIpc) is 2.54. The van der Waals surface area contributed by atoms with Crippen molar-refractivity contribution in [3.8, 4) is 0 Å². The molecule has 25 heavy (non-hydrogen) atoms. The van der Waals surface area contributed by atoms with Crippen LogP contribution < -0.4 is 0 Å². The third-order valence-corrected chi connectivity index (χ3v) is 11.5. The number of benzene rings is 2. The Balaban J connectivity index is 2.53. The molecule has 0 aliphatic carbocycles. The highest BCUT2D eigenvalue weighted by molar-refractivity contribution is 6.94. The van der Waals surface area contributed by atoms with Gasteiger partial charge in [-0.15, -0.1) is 0 Å². The Kier molecular flexibility index (Phi) is 5.90. The first kappa shape index (κ1) is 19.5. The van der Waals surface area contributed by atoms with E-state index in [4.69, 9.17) is 0 Å². The van der Waals surface area contributed by atoms with Crippen molar-refractivity contribution < 1.29 is 0 Å². The first-order valence-electron chi connectivity index (χ1n) is 9.14. The van der Waals surface area contributed by atoms with Crippen molar-refractivity contribution in [2.75, 3.05) is 0 Å². The summed E-state index contributed by atoms with van der Waals surface area (Å²) in [4.78, 5) is 0. The van der Waals surface area contributed by atoms with Crippen LogP contribution in [0.3, 0.4) is 0 Å². The van der Waals surface area contributed by atoms with Gasteiger partial charge in [-0.05, 0) is 21.2 Å². The van der Waals surface area contributed by atoms with Gasteiger partial charge < -0.3 is 0 Å². The summed E-state index contributed by atoms with van der Waals surface area (Å²) in [6.07, 6.45) is 4.66. The van der Waals surface area contributed by atoms with Crippen molar-refractivity contribution >= 4 is 20.2 Å². The van der Waals surface area contributed by atoms with Gasteiger partial charge >= 0.3 is 0 Å². The topological polar surface area (TPSA) is 0 Å². The molecule has 0 heterocycles. The van der Waals surface area contributed by atoms with E-state index in [1.54, 1.807) is 0 Å². The van der Waals surface area contributed by atoms with Crippen molar-refractivity contribution in [3.05, 3.63) is 83.2 Å². The van der Waals surface area contributed by atoms with Crippen LogP contribution in [0.4, 0.5) is 0 Å². The van der Waals surface area contributed by atoms with Crippen LogP contribution in [0.15, 0.2) is 72.1 Å². The Hall–Kier alpha value is -1.86. The van der Waals surface area contributed by atoms with Crippen LogP contribution in [-0.2, 0) is 0 Å². The lowest BCUT2D eigenvalue weighted by Crippen LogP contribution is -2.49. The van der Waals surface area contributed by atoms with E-state index in [9.17, 15) is 0 Å². The molecule has 0 nitrogen and oxygen atoms in total. The molecule has 0 amide bonds. The lowest BCUT2D eigenvalue weighted by atomic mass is 10.2. The molecule has 0 saturated heterocycles. The molecule has 2 aromatic rings. The summed E-state index contributed by atoms with van der Waals surface area (Å²) in [5.41, 5.74) is 7.64. The van der Waals surface area contributed by atoms with E-state index >= 15 is 0 Å². The van der Waals surface area contributed by atoms with Crippen molar-refractivity contribution in [1.82, 2.24) is 0 Å². The van der Waals surface area contributed by atoms with E-state index in [-0.39, 0.29) is 10.1 Å². The number of hydrogen-bond acceptors (Lipinski definition) is 0. The monoisotopic (exact) mass is 348 g/mol. The van der Waals surface area contributed by atoms with Gasteiger partial charge in [0.15, 0.2) is 0 Å². The highest BCUT2D eigenvalue weighted by Gasteiger charge is 2.49. The predicted octanol–water partition coefficient (Wildman–Crippen LogP) is 7.54. The highest BCUT2D eigenvalue weighted by atomic mass is 28.3. The molecule has 0 radical (unpaired) electrons. The number of hydrogen-bond donors (Lipinski definition) is 0. The third-order valence-electron chi connectivity index (χ3n) is 5.16. The molecule has 0 N–H and O–H groups in total. The summed E-state index contributed by atoms with van der Waals surface area (Å²) < 4.78 is 0. The van der Waals surface area contributed by atoms with Gasteiger partial charge in [-0.3, -0.25) is 0 Å². The molecule has 0 spiro atoms. The molecular weight excluding hydrogens is 316 g/mol. The first-order chi connectivity index (χ1) is 11.7. The second-order valence-electron chi connectivity index (χ2n) is 8.86. The first-order valence-corrected chi connectivity index (χ1v) is 11.3. The van der Waals surface area contributed by atoms with Crippen LogP contribution in [0.25, 0.3) is 12.2 Å². The fourth-order valence-electron chi connectivity index (χ4n) is 3.76. The summed E-state index contributed by atoms with van der Waals surface area (Å²) in [5.74, 6) is 0. The Morgan fingerprint density at radius 3 is 1.16 bits per heavy atom. The molecule has 0 atom stereocenters. The minimum atomic E-state index is -1.93. The second kappa shape index (κ2) is 7.57. The Morgan fingerprint density at radius 1 is 0.560 bits per heavy atom. The Morgan fingerprint density at radius 2 is 0.880 bits per heavy atom. The second-order valence-corrected chi connectivity index (χ2v) is 14.3. The van der Waals surface area contributed by atoms with Gasteiger partial charge in [0.05, 0.1) is 0 Å². The molecule has 1 heteroatoms. The van der Waals surface area contributed by atoms with Crippen molar-refractivity contribution in [1.29, 1.82) is 0 Å². The van der Waals surface area contributed by atoms with Gasteiger partial charge in [0.1, 0.15) is 8.07 Å². The third kappa shape index (κ3) is 4.61. The van der Waals surface area contributed by atoms with E-state index in [0.29, 0.717) is 0 Å². The van der Waals surface area contributed by atoms with Crippen molar-refractivity contribution in [3.63, 3.8) is 0 Å². The maximum atomic E-state index is 2.54. The number of rotatable bonds is 4. The fraction of sp³-hybridized carbons (Fsp3) is 0.333. The maximum Gasteiger partial charge on any atom is 0.112 e. The summed E-state index contributed by atoms with van der Waals surface area (Å²) in [5, 5.41) is 0.448. The van der Waals surface area contributed by atoms with Gasteiger partial charge in [0, 0.05) is 0 Å². The standard InChI is InChI=1S/C24H32Si/c1-23(2,3)25(24(4,5)6,19-17-21-13-9-7-10-14-21)20-18-22-15-11-8-12-16-22/h7-20H,1-6H3. The zero-order valence-corrected chi connectivity index (χ0v) is 17.6. The van der Waals surface area contributed by atoms with Crippen LogP contribution in [0.1, 0.15) is 52.7 Å². The normalized spacial score (nSPS) is 13.7. The zero-order valence-electron chi connectivity index (χ0n) is 16.6. The van der Waals surface area contributed by atoms with Gasteiger partial charge in [-0.25, -0.2) is 0 Å². The lowest BCUT2D eigenvalue weighted by Gasteiger charge is -2.48. The summed E-state index contributed by atoms with van der Waals surface area (Å²) in [6, 6.07) is 21.3. The summed E-state index contributed by atoms with van der Waals surface area (Å²) in [6.45, 7) is 14.4. The summed E-state index contributed by atoms with van der Waals surface area (Å²) in [7, 11) is -1.93. The van der Waals surface area contributed by atoms with Gasteiger partial charge in [0.25, 0.3) is 0 Å². The molecule has 0 aromatic heterocycles. The molecule has 2 rings (SSSR count). The van der Waals surface area contributed by atoms with Crippen molar-refractivity contribution in [2.45, 2.75) is 51.6 Å². The van der Waals surface area contributed by atoms with Crippen LogP contribution >= 0.6 is 0 Å². The zero-order chi connectivity index (χ0) is 18.6. The minimum Gasteiger partial charge on any atom is -0.0890 e. The van der Waals surface area contributed by atoms with Gasteiger partial charge in [0.2, 0.25) is 0 Å². The van der Waals surface area contributed by atoms with Crippen LogP contribution in [0.2, 0.25) is 10.1 Å². The minimum absolute atomic E-state index is 0.224. The van der Waals surface area contributed by atoms with E-state index in [1.807, 2.05) is 0 Å². The molecule has 0 unspecified atom stereocenters. The molecular formula is C24H32Si. The molecule has 2 aromatic carbocycles. The van der Waals surface area contributed by atoms with E-state index in [1.165, 1.54) is 11.1 Å². The van der Waals surface area contributed by atoms with E-state index in [2.05, 4.69) is 126 Å². The molecule has 0 bridgehead atoms. The SMILES string of the molecule is CC(C)(C)[Si](C=Cc1ccccc1)(C=Cc1ccccc1)C(C)(C)C. The van der Waals surface area contributed by atoms with Crippen LogP contribution in [-0.4, -0.2) is 8.07 Å². The van der Waals surface area contributed by atoms with Crippen LogP contribution in [0.5, 0.6) is 0 Å². The van der Waals surface area contributed by atoms with Crippen molar-refractivity contribution in [2.24, 2.45) is 0 Å². The molecule has 0 saturated carbocycles. The largest absolute Gasteiger partial charge is 0.112 e. The lowest BCUT2D eigenvalue weighted by molar-refractivity contribution is 0.635. The van der Waals surface area contributed by atoms with Gasteiger partial charge in [-0.2, -0.15) is 0 Å². The molecule has 0 aliphatic heterocycles. The Bertz CT molecular complexity index is 645. The smallest absolute Gasteiger partial charge is 0.0890 e. The molecule has 0 fully saturated rings. The quantitative estimate of drug-likeness (QED) is 0.501. The van der Waals surface area contributed by atoms with E-state index < -0.39 is 8.07 Å².